The zero-order chi connectivity index (χ0) is 18.4. The number of hydrogen-bond donors (Lipinski definition) is 0. The van der Waals surface area contributed by atoms with Crippen molar-refractivity contribution in [1.82, 2.24) is 4.31 Å². The normalized spacial score (nSPS) is 15.8. The first-order valence-corrected chi connectivity index (χ1v) is 10.6. The van der Waals surface area contributed by atoms with E-state index in [1.165, 1.54) is 5.56 Å². The molecule has 0 bridgehead atoms. The lowest BCUT2D eigenvalue weighted by molar-refractivity contribution is 0.384. The first-order valence-electron chi connectivity index (χ1n) is 8.99. The van der Waals surface area contributed by atoms with Crippen molar-refractivity contribution in [2.75, 3.05) is 43.9 Å². The number of methoxy groups -OCH3 is 1. The lowest BCUT2D eigenvalue weighted by Gasteiger charge is -2.35. The Hall–Kier alpha value is -2.05. The van der Waals surface area contributed by atoms with Gasteiger partial charge in [0, 0.05) is 31.9 Å². The molecular weight excluding hydrogens is 348 g/mol. The molecule has 6 heteroatoms. The van der Waals surface area contributed by atoms with Crippen LogP contribution in [0.5, 0.6) is 5.75 Å². The number of aryl methyl sites for hydroxylation is 1. The summed E-state index contributed by atoms with van der Waals surface area (Å²) in [6.45, 7) is 2.51. The molecule has 26 heavy (non-hydrogen) atoms. The Morgan fingerprint density at radius 3 is 2.19 bits per heavy atom. The number of piperazine rings is 1. The van der Waals surface area contributed by atoms with Crippen LogP contribution in [0.4, 0.5) is 5.69 Å². The SMILES string of the molecule is COc1ccc(N2CCN(S(=O)(=O)CCCc3ccccc3)CC2)cc1. The minimum absolute atomic E-state index is 0.213. The number of ether oxygens (including phenoxy) is 1. The summed E-state index contributed by atoms with van der Waals surface area (Å²) in [5, 5.41) is 0. The second-order valence-corrected chi connectivity index (χ2v) is 8.58. The Kier molecular flexibility index (Phi) is 6.16. The molecule has 2 aromatic carbocycles. The molecule has 3 rings (SSSR count). The Morgan fingerprint density at radius 2 is 1.58 bits per heavy atom. The molecule has 1 fully saturated rings. The third-order valence-electron chi connectivity index (χ3n) is 4.78. The van der Waals surface area contributed by atoms with Gasteiger partial charge in [-0.05, 0) is 42.7 Å². The molecule has 0 radical (unpaired) electrons. The fourth-order valence-electron chi connectivity index (χ4n) is 3.25. The van der Waals surface area contributed by atoms with E-state index in [-0.39, 0.29) is 5.75 Å². The van der Waals surface area contributed by atoms with Gasteiger partial charge in [-0.15, -0.1) is 0 Å². The van der Waals surface area contributed by atoms with Crippen molar-refractivity contribution in [1.29, 1.82) is 0 Å². The fraction of sp³-hybridized carbons (Fsp3) is 0.400. The molecule has 1 heterocycles. The molecule has 0 atom stereocenters. The summed E-state index contributed by atoms with van der Waals surface area (Å²) >= 11 is 0. The largest absolute Gasteiger partial charge is 0.497 e. The van der Waals surface area contributed by atoms with E-state index in [2.05, 4.69) is 4.90 Å². The van der Waals surface area contributed by atoms with Crippen LogP contribution in [0.2, 0.25) is 0 Å². The van der Waals surface area contributed by atoms with Gasteiger partial charge in [-0.1, -0.05) is 30.3 Å². The fourth-order valence-corrected chi connectivity index (χ4v) is 4.74. The van der Waals surface area contributed by atoms with Crippen molar-refractivity contribution in [2.24, 2.45) is 0 Å². The van der Waals surface area contributed by atoms with Gasteiger partial charge in [0.05, 0.1) is 12.9 Å². The lowest BCUT2D eigenvalue weighted by Crippen LogP contribution is -2.49. The van der Waals surface area contributed by atoms with E-state index >= 15 is 0 Å². The van der Waals surface area contributed by atoms with Crippen molar-refractivity contribution in [3.05, 3.63) is 60.2 Å². The zero-order valence-corrected chi connectivity index (χ0v) is 16.0. The van der Waals surface area contributed by atoms with Gasteiger partial charge in [-0.3, -0.25) is 0 Å². The highest BCUT2D eigenvalue weighted by Crippen LogP contribution is 2.21. The predicted octanol–water partition coefficient (Wildman–Crippen LogP) is 2.78. The van der Waals surface area contributed by atoms with E-state index in [0.29, 0.717) is 32.6 Å². The smallest absolute Gasteiger partial charge is 0.214 e. The average molecular weight is 375 g/mol. The maximum atomic E-state index is 12.6. The van der Waals surface area contributed by atoms with Crippen LogP contribution in [-0.4, -0.2) is 51.8 Å². The Bertz CT molecular complexity index is 784. The molecule has 140 valence electrons. The van der Waals surface area contributed by atoms with Gasteiger partial charge in [-0.2, -0.15) is 4.31 Å². The lowest BCUT2D eigenvalue weighted by atomic mass is 10.1. The van der Waals surface area contributed by atoms with E-state index in [9.17, 15) is 8.42 Å². The standard InChI is InChI=1S/C20H26N2O3S/c1-25-20-11-9-19(10-12-20)21-13-15-22(16-14-21)26(23,24)17-5-8-18-6-3-2-4-7-18/h2-4,6-7,9-12H,5,8,13-17H2,1H3. The number of sulfonamides is 1. The summed E-state index contributed by atoms with van der Waals surface area (Å²) in [4.78, 5) is 2.22. The predicted molar refractivity (Wildman–Crippen MR) is 105 cm³/mol. The summed E-state index contributed by atoms with van der Waals surface area (Å²) in [5.74, 6) is 1.04. The highest BCUT2D eigenvalue weighted by Gasteiger charge is 2.26. The topological polar surface area (TPSA) is 49.9 Å². The second-order valence-electron chi connectivity index (χ2n) is 6.49. The van der Waals surface area contributed by atoms with Crippen LogP contribution >= 0.6 is 0 Å². The number of benzene rings is 2. The van der Waals surface area contributed by atoms with Crippen molar-refractivity contribution in [3.8, 4) is 5.75 Å². The molecule has 1 saturated heterocycles. The summed E-state index contributed by atoms with van der Waals surface area (Å²) < 4.78 is 32.0. The first-order chi connectivity index (χ1) is 12.6. The van der Waals surface area contributed by atoms with Crippen LogP contribution in [0.1, 0.15) is 12.0 Å². The zero-order valence-electron chi connectivity index (χ0n) is 15.2. The molecular formula is C20H26N2O3S. The van der Waals surface area contributed by atoms with Gasteiger partial charge < -0.3 is 9.64 Å². The second kappa shape index (κ2) is 8.56. The number of hydrogen-bond acceptors (Lipinski definition) is 4. The Balaban J connectivity index is 1.49. The molecule has 0 spiro atoms. The molecule has 0 amide bonds. The van der Waals surface area contributed by atoms with Gasteiger partial charge in [0.15, 0.2) is 0 Å². The number of rotatable bonds is 7. The summed E-state index contributed by atoms with van der Waals surface area (Å²) in [5.41, 5.74) is 2.29. The summed E-state index contributed by atoms with van der Waals surface area (Å²) in [6.07, 6.45) is 1.46. The maximum Gasteiger partial charge on any atom is 0.214 e. The van der Waals surface area contributed by atoms with Crippen molar-refractivity contribution < 1.29 is 13.2 Å². The third kappa shape index (κ3) is 4.77. The van der Waals surface area contributed by atoms with Crippen LogP contribution in [0.15, 0.2) is 54.6 Å². The van der Waals surface area contributed by atoms with Crippen LogP contribution in [0, 0.1) is 0 Å². The molecule has 0 unspecified atom stereocenters. The number of anilines is 1. The van der Waals surface area contributed by atoms with E-state index < -0.39 is 10.0 Å². The van der Waals surface area contributed by atoms with E-state index in [4.69, 9.17) is 4.74 Å². The van der Waals surface area contributed by atoms with E-state index in [1.54, 1.807) is 11.4 Å². The van der Waals surface area contributed by atoms with Crippen LogP contribution in [-0.2, 0) is 16.4 Å². The van der Waals surface area contributed by atoms with Gasteiger partial charge in [0.1, 0.15) is 5.75 Å². The first kappa shape index (κ1) is 18.7. The average Bonchev–Trinajstić information content (AvgIpc) is 2.69. The van der Waals surface area contributed by atoms with Crippen LogP contribution in [0.25, 0.3) is 0 Å². The van der Waals surface area contributed by atoms with E-state index in [1.807, 2.05) is 54.6 Å². The van der Waals surface area contributed by atoms with Gasteiger partial charge in [0.25, 0.3) is 0 Å². The third-order valence-corrected chi connectivity index (χ3v) is 6.74. The monoisotopic (exact) mass is 374 g/mol. The highest BCUT2D eigenvalue weighted by atomic mass is 32.2. The minimum Gasteiger partial charge on any atom is -0.497 e. The Morgan fingerprint density at radius 1 is 0.923 bits per heavy atom. The van der Waals surface area contributed by atoms with Crippen molar-refractivity contribution in [3.63, 3.8) is 0 Å². The van der Waals surface area contributed by atoms with Gasteiger partial charge in [0.2, 0.25) is 10.0 Å². The summed E-state index contributed by atoms with van der Waals surface area (Å²) in [6, 6.07) is 17.9. The van der Waals surface area contributed by atoms with Crippen molar-refractivity contribution in [2.45, 2.75) is 12.8 Å². The molecule has 0 aliphatic carbocycles. The quantitative estimate of drug-likeness (QED) is 0.748. The van der Waals surface area contributed by atoms with Crippen LogP contribution in [0.3, 0.4) is 0 Å². The van der Waals surface area contributed by atoms with Gasteiger partial charge >= 0.3 is 0 Å². The highest BCUT2D eigenvalue weighted by molar-refractivity contribution is 7.89. The molecule has 0 saturated carbocycles. The molecule has 2 aromatic rings. The molecule has 5 nitrogen and oxygen atoms in total. The van der Waals surface area contributed by atoms with Gasteiger partial charge in [-0.25, -0.2) is 8.42 Å². The number of nitrogens with zero attached hydrogens (tertiary/aromatic N) is 2. The molecule has 1 aliphatic heterocycles. The van der Waals surface area contributed by atoms with Crippen molar-refractivity contribution >= 4 is 15.7 Å². The Labute approximate surface area is 156 Å². The summed E-state index contributed by atoms with van der Waals surface area (Å²) in [7, 11) is -1.53. The molecule has 0 N–H and O–H groups in total. The van der Waals surface area contributed by atoms with Crippen LogP contribution < -0.4 is 9.64 Å². The molecule has 1 aliphatic rings. The maximum absolute atomic E-state index is 12.6. The minimum atomic E-state index is -3.18. The van der Waals surface area contributed by atoms with E-state index in [0.717, 1.165) is 17.9 Å². The molecule has 0 aromatic heterocycles.